The van der Waals surface area contributed by atoms with Gasteiger partial charge in [-0.25, -0.2) is 0 Å². The Labute approximate surface area is 105 Å². The number of rotatable bonds is 3. The Morgan fingerprint density at radius 1 is 1.53 bits per heavy atom. The maximum Gasteiger partial charge on any atom is 0.235 e. The molecule has 1 atom stereocenters. The van der Waals surface area contributed by atoms with Crippen molar-refractivity contribution in [3.8, 4) is 5.75 Å². The number of nitrogen functional groups attached to an aromatic ring is 1. The molecule has 5 heteroatoms. The Morgan fingerprint density at radius 2 is 2.29 bits per heavy atom. The highest BCUT2D eigenvalue weighted by atomic mass is 32.2. The molecule has 0 spiro atoms. The molecule has 1 saturated heterocycles. The van der Waals surface area contributed by atoms with Gasteiger partial charge in [0.05, 0.1) is 17.3 Å². The Morgan fingerprint density at radius 3 is 2.88 bits per heavy atom. The van der Waals surface area contributed by atoms with Crippen LogP contribution in [0.5, 0.6) is 5.75 Å². The Hall–Kier alpha value is -1.36. The molecule has 0 aliphatic carbocycles. The Kier molecular flexibility index (Phi) is 3.47. The summed E-state index contributed by atoms with van der Waals surface area (Å²) in [6, 6.07) is 5.52. The van der Waals surface area contributed by atoms with E-state index in [0.717, 1.165) is 23.6 Å². The van der Waals surface area contributed by atoms with Gasteiger partial charge in [-0.1, -0.05) is 0 Å². The number of methoxy groups -OCH3 is 1. The van der Waals surface area contributed by atoms with E-state index in [1.807, 2.05) is 19.2 Å². The van der Waals surface area contributed by atoms with E-state index in [4.69, 9.17) is 10.5 Å². The van der Waals surface area contributed by atoms with E-state index in [-0.39, 0.29) is 11.2 Å². The van der Waals surface area contributed by atoms with E-state index in [0.29, 0.717) is 5.69 Å². The second-order valence-electron chi connectivity index (χ2n) is 4.07. The summed E-state index contributed by atoms with van der Waals surface area (Å²) in [6.07, 6.45) is 0.882. The number of carbonyl (C=O) groups excluding carboxylic acids is 1. The summed E-state index contributed by atoms with van der Waals surface area (Å²) in [5, 5.41) is -0.00229. The molecule has 1 unspecified atom stereocenters. The van der Waals surface area contributed by atoms with Crippen LogP contribution in [-0.4, -0.2) is 36.8 Å². The van der Waals surface area contributed by atoms with Crippen molar-refractivity contribution in [3.63, 3.8) is 0 Å². The number of amides is 1. The fourth-order valence-electron chi connectivity index (χ4n) is 1.83. The molecule has 1 fully saturated rings. The minimum atomic E-state index is -0.00229. The van der Waals surface area contributed by atoms with Crippen LogP contribution < -0.4 is 10.5 Å². The average Bonchev–Trinajstić information content (AvgIpc) is 2.63. The SMILES string of the molecule is COc1cc(N)ccc1SC1CCN(C)C1=O. The third kappa shape index (κ3) is 2.49. The van der Waals surface area contributed by atoms with Gasteiger partial charge in [0.15, 0.2) is 0 Å². The lowest BCUT2D eigenvalue weighted by Gasteiger charge is -2.13. The minimum Gasteiger partial charge on any atom is -0.496 e. The zero-order chi connectivity index (χ0) is 12.4. The molecule has 17 heavy (non-hydrogen) atoms. The van der Waals surface area contributed by atoms with Crippen LogP contribution in [0, 0.1) is 0 Å². The highest BCUT2D eigenvalue weighted by Gasteiger charge is 2.30. The fraction of sp³-hybridized carbons (Fsp3) is 0.417. The van der Waals surface area contributed by atoms with E-state index in [2.05, 4.69) is 0 Å². The summed E-state index contributed by atoms with van der Waals surface area (Å²) in [6.45, 7) is 0.827. The largest absolute Gasteiger partial charge is 0.496 e. The van der Waals surface area contributed by atoms with Crippen molar-refractivity contribution in [3.05, 3.63) is 18.2 Å². The molecule has 1 aliphatic heterocycles. The van der Waals surface area contributed by atoms with E-state index in [1.54, 1.807) is 29.8 Å². The molecule has 0 saturated carbocycles. The van der Waals surface area contributed by atoms with Gasteiger partial charge in [0.25, 0.3) is 0 Å². The molecule has 0 bridgehead atoms. The Balaban J connectivity index is 2.16. The molecule has 92 valence electrons. The van der Waals surface area contributed by atoms with Gasteiger partial charge in [0.1, 0.15) is 5.75 Å². The van der Waals surface area contributed by atoms with Crippen molar-refractivity contribution >= 4 is 23.4 Å². The van der Waals surface area contributed by atoms with Crippen LogP contribution in [0.4, 0.5) is 5.69 Å². The first kappa shape index (κ1) is 12.1. The summed E-state index contributed by atoms with van der Waals surface area (Å²) in [5.74, 6) is 0.922. The zero-order valence-electron chi connectivity index (χ0n) is 9.97. The number of likely N-dealkylation sites (tertiary alicyclic amines) is 1. The molecule has 1 aliphatic rings. The van der Waals surface area contributed by atoms with Gasteiger partial charge in [-0.05, 0) is 18.6 Å². The first-order chi connectivity index (χ1) is 8.11. The third-order valence-corrected chi connectivity index (χ3v) is 4.15. The summed E-state index contributed by atoms with van der Waals surface area (Å²) in [5.41, 5.74) is 6.36. The lowest BCUT2D eigenvalue weighted by Crippen LogP contribution is -2.23. The third-order valence-electron chi connectivity index (χ3n) is 2.84. The minimum absolute atomic E-state index is 0.00229. The van der Waals surface area contributed by atoms with Gasteiger partial charge in [-0.3, -0.25) is 4.79 Å². The Bertz CT molecular complexity index is 437. The van der Waals surface area contributed by atoms with E-state index < -0.39 is 0 Å². The summed E-state index contributed by atoms with van der Waals surface area (Å²) < 4.78 is 5.27. The molecular weight excluding hydrogens is 236 g/mol. The number of benzene rings is 1. The van der Waals surface area contributed by atoms with Gasteiger partial charge in [-0.15, -0.1) is 11.8 Å². The van der Waals surface area contributed by atoms with Gasteiger partial charge < -0.3 is 15.4 Å². The predicted molar refractivity (Wildman–Crippen MR) is 69.3 cm³/mol. The van der Waals surface area contributed by atoms with E-state index >= 15 is 0 Å². The smallest absolute Gasteiger partial charge is 0.235 e. The molecular formula is C12H16N2O2S. The zero-order valence-corrected chi connectivity index (χ0v) is 10.8. The fourth-order valence-corrected chi connectivity index (χ4v) is 3.05. The molecule has 2 N–H and O–H groups in total. The van der Waals surface area contributed by atoms with Crippen molar-refractivity contribution in [2.45, 2.75) is 16.6 Å². The second kappa shape index (κ2) is 4.87. The van der Waals surface area contributed by atoms with Crippen LogP contribution in [0.15, 0.2) is 23.1 Å². The lowest BCUT2D eigenvalue weighted by atomic mass is 10.3. The van der Waals surface area contributed by atoms with Crippen LogP contribution in [-0.2, 0) is 4.79 Å². The first-order valence-electron chi connectivity index (χ1n) is 5.47. The van der Waals surface area contributed by atoms with E-state index in [9.17, 15) is 4.79 Å². The number of carbonyl (C=O) groups is 1. The lowest BCUT2D eigenvalue weighted by molar-refractivity contribution is -0.126. The standard InChI is InChI=1S/C12H16N2O2S/c1-14-6-5-11(12(14)15)17-10-4-3-8(13)7-9(10)16-2/h3-4,7,11H,5-6,13H2,1-2H3. The van der Waals surface area contributed by atoms with Crippen molar-refractivity contribution in [1.29, 1.82) is 0 Å². The molecule has 0 aromatic heterocycles. The summed E-state index contributed by atoms with van der Waals surface area (Å²) in [4.78, 5) is 14.5. The molecule has 2 rings (SSSR count). The topological polar surface area (TPSA) is 55.6 Å². The number of ether oxygens (including phenoxy) is 1. The molecule has 1 amide bonds. The maximum atomic E-state index is 11.8. The molecule has 1 heterocycles. The van der Waals surface area contributed by atoms with Crippen molar-refractivity contribution in [1.82, 2.24) is 4.90 Å². The monoisotopic (exact) mass is 252 g/mol. The second-order valence-corrected chi connectivity index (χ2v) is 5.31. The maximum absolute atomic E-state index is 11.8. The molecule has 0 radical (unpaired) electrons. The van der Waals surface area contributed by atoms with Crippen molar-refractivity contribution in [2.24, 2.45) is 0 Å². The van der Waals surface area contributed by atoms with Gasteiger partial charge in [-0.2, -0.15) is 0 Å². The first-order valence-corrected chi connectivity index (χ1v) is 6.35. The molecule has 1 aromatic carbocycles. The van der Waals surface area contributed by atoms with Crippen molar-refractivity contribution < 1.29 is 9.53 Å². The molecule has 4 nitrogen and oxygen atoms in total. The van der Waals surface area contributed by atoms with Crippen LogP contribution in [0.2, 0.25) is 0 Å². The number of hydrogen-bond acceptors (Lipinski definition) is 4. The van der Waals surface area contributed by atoms with Gasteiger partial charge in [0, 0.05) is 25.3 Å². The van der Waals surface area contributed by atoms with Gasteiger partial charge in [0.2, 0.25) is 5.91 Å². The predicted octanol–water partition coefficient (Wildman–Crippen LogP) is 1.60. The molecule has 1 aromatic rings. The van der Waals surface area contributed by atoms with Crippen LogP contribution >= 0.6 is 11.8 Å². The van der Waals surface area contributed by atoms with Crippen LogP contribution in [0.25, 0.3) is 0 Å². The quantitative estimate of drug-likeness (QED) is 0.830. The van der Waals surface area contributed by atoms with E-state index in [1.165, 1.54) is 0 Å². The number of anilines is 1. The number of nitrogens with zero attached hydrogens (tertiary/aromatic N) is 1. The van der Waals surface area contributed by atoms with Crippen LogP contribution in [0.1, 0.15) is 6.42 Å². The van der Waals surface area contributed by atoms with Gasteiger partial charge >= 0.3 is 0 Å². The van der Waals surface area contributed by atoms with Crippen molar-refractivity contribution in [2.75, 3.05) is 26.4 Å². The normalized spacial score (nSPS) is 19.8. The van der Waals surface area contributed by atoms with Crippen LogP contribution in [0.3, 0.4) is 0 Å². The summed E-state index contributed by atoms with van der Waals surface area (Å²) >= 11 is 1.55. The number of hydrogen-bond donors (Lipinski definition) is 1. The highest BCUT2D eigenvalue weighted by molar-refractivity contribution is 8.00. The highest BCUT2D eigenvalue weighted by Crippen LogP contribution is 2.36. The average molecular weight is 252 g/mol. The summed E-state index contributed by atoms with van der Waals surface area (Å²) in [7, 11) is 3.45. The number of nitrogens with two attached hydrogens (primary N) is 1. The number of thioether (sulfide) groups is 1.